The SMILES string of the molecule is CC(C)(C)OC(=O)CCC(N)C(OC1CCOCC1)(C(=O)O)C(=O)O.NCCCC[C@H](N)C(=O)O. The first-order chi connectivity index (χ1) is 16.2. The van der Waals surface area contributed by atoms with Crippen LogP contribution in [-0.2, 0) is 33.4 Å². The molecule has 0 aromatic rings. The summed E-state index contributed by atoms with van der Waals surface area (Å²) in [5.74, 6) is -4.90. The normalized spacial score (nSPS) is 16.4. The molecule has 0 aromatic carbocycles. The highest BCUT2D eigenvalue weighted by atomic mass is 16.6. The number of unbranched alkanes of at least 4 members (excludes halogenated alkanes) is 1. The van der Waals surface area contributed by atoms with Crippen LogP contribution in [0.2, 0.25) is 0 Å². The average molecular weight is 508 g/mol. The van der Waals surface area contributed by atoms with Gasteiger partial charge in [0.05, 0.1) is 12.1 Å². The Hall–Kier alpha value is -2.32. The molecule has 1 saturated heterocycles. The molecule has 0 radical (unpaired) electrons. The molecular formula is C22H41N3O10. The molecule has 1 heterocycles. The summed E-state index contributed by atoms with van der Waals surface area (Å²) < 4.78 is 15.7. The second-order valence-corrected chi connectivity index (χ2v) is 9.24. The molecule has 13 heteroatoms. The van der Waals surface area contributed by atoms with Crippen molar-refractivity contribution in [3.05, 3.63) is 0 Å². The first-order valence-corrected chi connectivity index (χ1v) is 11.6. The molecule has 0 aromatic heterocycles. The summed E-state index contributed by atoms with van der Waals surface area (Å²) in [4.78, 5) is 45.4. The monoisotopic (exact) mass is 507 g/mol. The van der Waals surface area contributed by atoms with Crippen LogP contribution in [0, 0.1) is 0 Å². The van der Waals surface area contributed by atoms with Crippen LogP contribution >= 0.6 is 0 Å². The summed E-state index contributed by atoms with van der Waals surface area (Å²) in [5, 5.41) is 27.4. The van der Waals surface area contributed by atoms with Gasteiger partial charge in [-0.25, -0.2) is 9.59 Å². The van der Waals surface area contributed by atoms with Gasteiger partial charge in [0, 0.05) is 19.6 Å². The number of nitrogens with two attached hydrogens (primary N) is 3. The lowest BCUT2D eigenvalue weighted by Gasteiger charge is -2.35. The molecule has 1 unspecified atom stereocenters. The number of rotatable bonds is 13. The van der Waals surface area contributed by atoms with Crippen LogP contribution in [0.15, 0.2) is 0 Å². The van der Waals surface area contributed by atoms with E-state index in [9.17, 15) is 29.4 Å². The van der Waals surface area contributed by atoms with Crippen molar-refractivity contribution < 1.29 is 48.7 Å². The van der Waals surface area contributed by atoms with Crippen LogP contribution in [0.5, 0.6) is 0 Å². The van der Waals surface area contributed by atoms with Crippen LogP contribution in [0.1, 0.15) is 65.7 Å². The second kappa shape index (κ2) is 15.6. The van der Waals surface area contributed by atoms with Gasteiger partial charge in [0.2, 0.25) is 0 Å². The minimum Gasteiger partial charge on any atom is -0.480 e. The number of carbonyl (C=O) groups is 4. The van der Waals surface area contributed by atoms with Gasteiger partial charge >= 0.3 is 23.9 Å². The van der Waals surface area contributed by atoms with Gasteiger partial charge in [0.15, 0.2) is 0 Å². The number of hydrogen-bond acceptors (Lipinski definition) is 10. The number of carboxylic acid groups (broad SMARTS) is 3. The summed E-state index contributed by atoms with van der Waals surface area (Å²) in [7, 11) is 0. The van der Waals surface area contributed by atoms with Crippen molar-refractivity contribution in [3.63, 3.8) is 0 Å². The van der Waals surface area contributed by atoms with Crippen molar-refractivity contribution in [3.8, 4) is 0 Å². The maximum Gasteiger partial charge on any atom is 0.349 e. The highest BCUT2D eigenvalue weighted by Crippen LogP contribution is 2.26. The molecule has 1 aliphatic heterocycles. The average Bonchev–Trinajstić information content (AvgIpc) is 2.75. The predicted molar refractivity (Wildman–Crippen MR) is 124 cm³/mol. The first-order valence-electron chi connectivity index (χ1n) is 11.6. The fraction of sp³-hybridized carbons (Fsp3) is 0.818. The zero-order chi connectivity index (χ0) is 27.2. The van der Waals surface area contributed by atoms with Crippen LogP contribution in [0.3, 0.4) is 0 Å². The zero-order valence-corrected chi connectivity index (χ0v) is 20.7. The summed E-state index contributed by atoms with van der Waals surface area (Å²) >= 11 is 0. The Morgan fingerprint density at radius 3 is 1.94 bits per heavy atom. The van der Waals surface area contributed by atoms with Gasteiger partial charge in [0.25, 0.3) is 5.60 Å². The van der Waals surface area contributed by atoms with E-state index in [1.165, 1.54) is 0 Å². The van der Waals surface area contributed by atoms with E-state index in [0.717, 1.165) is 12.8 Å². The van der Waals surface area contributed by atoms with Crippen LogP contribution < -0.4 is 17.2 Å². The summed E-state index contributed by atoms with van der Waals surface area (Å²) in [6.07, 6.45) is 1.92. The third-order valence-electron chi connectivity index (χ3n) is 5.04. The minimum atomic E-state index is -2.62. The van der Waals surface area contributed by atoms with Crippen molar-refractivity contribution in [2.45, 2.75) is 95.1 Å². The molecule has 0 bridgehead atoms. The Kier molecular flexibility index (Phi) is 14.6. The maximum absolute atomic E-state index is 11.8. The Labute approximate surface area is 205 Å². The molecule has 1 aliphatic rings. The molecule has 1 rings (SSSR count). The van der Waals surface area contributed by atoms with E-state index in [0.29, 0.717) is 39.0 Å². The van der Waals surface area contributed by atoms with Gasteiger partial charge in [-0.3, -0.25) is 9.59 Å². The topological polar surface area (TPSA) is 235 Å². The summed E-state index contributed by atoms with van der Waals surface area (Å²) in [6.45, 7) is 6.39. The molecule has 13 nitrogen and oxygen atoms in total. The smallest absolute Gasteiger partial charge is 0.349 e. The van der Waals surface area contributed by atoms with Gasteiger partial charge < -0.3 is 46.7 Å². The van der Waals surface area contributed by atoms with E-state index in [1.807, 2.05) is 0 Å². The van der Waals surface area contributed by atoms with Gasteiger partial charge in [-0.05, 0) is 59.4 Å². The van der Waals surface area contributed by atoms with Crippen molar-refractivity contribution in [2.75, 3.05) is 19.8 Å². The highest BCUT2D eigenvalue weighted by molar-refractivity contribution is 6.03. The lowest BCUT2D eigenvalue weighted by Crippen LogP contribution is -2.63. The fourth-order valence-electron chi connectivity index (χ4n) is 3.15. The molecular weight excluding hydrogens is 466 g/mol. The van der Waals surface area contributed by atoms with Crippen LogP contribution in [0.4, 0.5) is 0 Å². The van der Waals surface area contributed by atoms with Crippen molar-refractivity contribution >= 4 is 23.9 Å². The maximum atomic E-state index is 11.8. The zero-order valence-electron chi connectivity index (χ0n) is 20.7. The lowest BCUT2D eigenvalue weighted by atomic mass is 9.90. The van der Waals surface area contributed by atoms with E-state index in [4.69, 9.17) is 36.5 Å². The summed E-state index contributed by atoms with van der Waals surface area (Å²) in [5.41, 5.74) is 13.0. The molecule has 204 valence electrons. The van der Waals surface area contributed by atoms with Gasteiger partial charge in [-0.2, -0.15) is 0 Å². The molecule has 0 amide bonds. The minimum absolute atomic E-state index is 0.198. The molecule has 0 spiro atoms. The van der Waals surface area contributed by atoms with Crippen molar-refractivity contribution in [1.82, 2.24) is 0 Å². The van der Waals surface area contributed by atoms with E-state index in [-0.39, 0.29) is 12.8 Å². The quantitative estimate of drug-likeness (QED) is 0.110. The fourth-order valence-corrected chi connectivity index (χ4v) is 3.15. The van der Waals surface area contributed by atoms with E-state index in [1.54, 1.807) is 20.8 Å². The standard InChI is InChI=1S/C16H27NO8.C6H14N2O2/c1-15(2,3)25-12(18)5-4-11(17)16(13(19)20,14(21)22)24-10-6-8-23-9-7-10;7-4-2-1-3-5(8)6(9)10/h10-11H,4-9,17H2,1-3H3,(H,19,20)(H,21,22);5H,1-4,7-8H2,(H,9,10)/t;5-/m.0/s1. The highest BCUT2D eigenvalue weighted by Gasteiger charge is 2.55. The predicted octanol–water partition coefficient (Wildman–Crippen LogP) is 0.0665. The Morgan fingerprint density at radius 2 is 1.51 bits per heavy atom. The van der Waals surface area contributed by atoms with Crippen molar-refractivity contribution in [1.29, 1.82) is 0 Å². The third kappa shape index (κ3) is 12.3. The molecule has 0 aliphatic carbocycles. The molecule has 2 atom stereocenters. The molecule has 0 saturated carbocycles. The Morgan fingerprint density at radius 1 is 0.971 bits per heavy atom. The molecule has 35 heavy (non-hydrogen) atoms. The number of aliphatic carboxylic acids is 3. The number of ether oxygens (including phenoxy) is 3. The molecule has 9 N–H and O–H groups in total. The van der Waals surface area contributed by atoms with E-state index in [2.05, 4.69) is 0 Å². The number of carbonyl (C=O) groups excluding carboxylic acids is 1. The van der Waals surface area contributed by atoms with Crippen molar-refractivity contribution in [2.24, 2.45) is 17.2 Å². The largest absolute Gasteiger partial charge is 0.480 e. The van der Waals surface area contributed by atoms with E-state index < -0.39 is 53.3 Å². The Balaban J connectivity index is 0.000000972. The lowest BCUT2D eigenvalue weighted by molar-refractivity contribution is -0.200. The van der Waals surface area contributed by atoms with Gasteiger partial charge in [-0.1, -0.05) is 6.42 Å². The number of hydrogen-bond donors (Lipinski definition) is 6. The summed E-state index contributed by atoms with van der Waals surface area (Å²) in [6, 6.07) is -2.13. The van der Waals surface area contributed by atoms with Gasteiger partial charge in [0.1, 0.15) is 11.6 Å². The first kappa shape index (κ1) is 32.7. The van der Waals surface area contributed by atoms with E-state index >= 15 is 0 Å². The second-order valence-electron chi connectivity index (χ2n) is 9.24. The van der Waals surface area contributed by atoms with Crippen LogP contribution in [-0.4, -0.2) is 88.3 Å². The number of carboxylic acids is 3. The Bertz CT molecular complexity index is 675. The van der Waals surface area contributed by atoms with Crippen LogP contribution in [0.25, 0.3) is 0 Å². The molecule has 1 fully saturated rings. The number of esters is 1. The van der Waals surface area contributed by atoms with Gasteiger partial charge in [-0.15, -0.1) is 0 Å². The third-order valence-corrected chi connectivity index (χ3v) is 5.04.